The molecule has 0 fully saturated rings. The Kier molecular flexibility index (Phi) is 5.66. The van der Waals surface area contributed by atoms with Gasteiger partial charge in [0.2, 0.25) is 5.91 Å². The molecule has 0 rings (SSSR count). The van der Waals surface area contributed by atoms with Crippen molar-refractivity contribution >= 4 is 5.91 Å². The quantitative estimate of drug-likeness (QED) is 0.564. The lowest BCUT2D eigenvalue weighted by molar-refractivity contribution is -0.120. The molecule has 0 aromatic heterocycles. The van der Waals surface area contributed by atoms with Gasteiger partial charge in [0.25, 0.3) is 0 Å². The van der Waals surface area contributed by atoms with Gasteiger partial charge in [0, 0.05) is 6.54 Å². The van der Waals surface area contributed by atoms with Crippen LogP contribution in [-0.2, 0) is 4.79 Å². The Morgan fingerprint density at radius 3 is 2.25 bits per heavy atom. The summed E-state index contributed by atoms with van der Waals surface area (Å²) >= 11 is 0. The average Bonchev–Trinajstić information content (AvgIpc) is 2.06. The molecule has 4 nitrogen and oxygen atoms in total. The van der Waals surface area contributed by atoms with Crippen molar-refractivity contribution in [3.8, 4) is 0 Å². The number of primary amides is 1. The molecule has 0 heterocycles. The minimum Gasteiger partial charge on any atom is -0.368 e. The van der Waals surface area contributed by atoms with Crippen molar-refractivity contribution in [3.05, 3.63) is 0 Å². The molecule has 0 radical (unpaired) electrons. The largest absolute Gasteiger partial charge is 0.368 e. The predicted octanol–water partition coefficient (Wildman–Crippen LogP) is -0.598. The van der Waals surface area contributed by atoms with Crippen molar-refractivity contribution < 1.29 is 4.79 Å². The van der Waals surface area contributed by atoms with E-state index in [4.69, 9.17) is 5.73 Å². The van der Waals surface area contributed by atoms with E-state index in [0.29, 0.717) is 6.54 Å². The molecule has 0 bridgehead atoms. The van der Waals surface area contributed by atoms with Gasteiger partial charge in [-0.2, -0.15) is 0 Å². The zero-order chi connectivity index (χ0) is 9.56. The number of nitrogens with zero attached hydrogens (tertiary/aromatic N) is 1. The topological polar surface area (TPSA) is 58.4 Å². The number of carbonyl (C=O) groups excluding carboxylic acids is 1. The maximum absolute atomic E-state index is 10.8. The summed E-state index contributed by atoms with van der Waals surface area (Å²) in [7, 11) is 1.75. The predicted molar refractivity (Wildman–Crippen MR) is 49.8 cm³/mol. The van der Waals surface area contributed by atoms with Crippen LogP contribution in [0.1, 0.15) is 13.8 Å². The van der Waals surface area contributed by atoms with E-state index in [9.17, 15) is 4.79 Å². The fraction of sp³-hybridized carbons (Fsp3) is 0.875. The van der Waals surface area contributed by atoms with Crippen LogP contribution in [0.4, 0.5) is 0 Å². The van der Waals surface area contributed by atoms with Gasteiger partial charge in [-0.3, -0.25) is 4.79 Å². The first kappa shape index (κ1) is 11.4. The van der Waals surface area contributed by atoms with Gasteiger partial charge in [0.15, 0.2) is 0 Å². The third kappa shape index (κ3) is 3.69. The Hall–Kier alpha value is -0.610. The van der Waals surface area contributed by atoms with E-state index < -0.39 is 0 Å². The SMILES string of the molecule is CCN(CC)CC(NC)C(N)=O. The van der Waals surface area contributed by atoms with Gasteiger partial charge in [-0.1, -0.05) is 13.8 Å². The molecule has 0 saturated carbocycles. The van der Waals surface area contributed by atoms with Crippen molar-refractivity contribution in [2.75, 3.05) is 26.7 Å². The molecular formula is C8H19N3O. The summed E-state index contributed by atoms with van der Waals surface area (Å²) in [6.07, 6.45) is 0. The van der Waals surface area contributed by atoms with Crippen LogP contribution in [-0.4, -0.2) is 43.5 Å². The lowest BCUT2D eigenvalue weighted by atomic mass is 10.2. The smallest absolute Gasteiger partial charge is 0.235 e. The fourth-order valence-electron chi connectivity index (χ4n) is 1.06. The van der Waals surface area contributed by atoms with Gasteiger partial charge < -0.3 is 16.0 Å². The summed E-state index contributed by atoms with van der Waals surface area (Å²) in [4.78, 5) is 13.0. The lowest BCUT2D eigenvalue weighted by Gasteiger charge is -2.22. The number of rotatable bonds is 6. The highest BCUT2D eigenvalue weighted by Crippen LogP contribution is 1.90. The van der Waals surface area contributed by atoms with E-state index in [1.807, 2.05) is 0 Å². The van der Waals surface area contributed by atoms with Crippen molar-refractivity contribution in [2.24, 2.45) is 5.73 Å². The van der Waals surface area contributed by atoms with Crippen LogP contribution >= 0.6 is 0 Å². The zero-order valence-corrected chi connectivity index (χ0v) is 8.13. The average molecular weight is 173 g/mol. The van der Waals surface area contributed by atoms with Crippen LogP contribution in [0, 0.1) is 0 Å². The summed E-state index contributed by atoms with van der Waals surface area (Å²) in [6, 6.07) is -0.232. The van der Waals surface area contributed by atoms with Gasteiger partial charge in [0.1, 0.15) is 0 Å². The Balaban J connectivity index is 3.91. The molecule has 4 heteroatoms. The molecule has 72 valence electrons. The van der Waals surface area contributed by atoms with E-state index >= 15 is 0 Å². The van der Waals surface area contributed by atoms with E-state index in [1.54, 1.807) is 7.05 Å². The molecule has 0 aromatic rings. The summed E-state index contributed by atoms with van der Waals surface area (Å²) in [5, 5.41) is 2.88. The van der Waals surface area contributed by atoms with E-state index in [-0.39, 0.29) is 11.9 Å². The van der Waals surface area contributed by atoms with Crippen LogP contribution < -0.4 is 11.1 Å². The van der Waals surface area contributed by atoms with Crippen molar-refractivity contribution in [1.29, 1.82) is 0 Å². The van der Waals surface area contributed by atoms with Crippen molar-refractivity contribution in [3.63, 3.8) is 0 Å². The first-order valence-electron chi connectivity index (χ1n) is 4.34. The normalized spacial score (nSPS) is 13.3. The van der Waals surface area contributed by atoms with Gasteiger partial charge in [-0.15, -0.1) is 0 Å². The van der Waals surface area contributed by atoms with Gasteiger partial charge in [0.05, 0.1) is 6.04 Å². The molecule has 0 aromatic carbocycles. The molecule has 0 aliphatic carbocycles. The molecule has 1 unspecified atom stereocenters. The number of likely N-dealkylation sites (N-methyl/N-ethyl adjacent to an activating group) is 2. The standard InChI is InChI=1S/C8H19N3O/c1-4-11(5-2)6-7(10-3)8(9)12/h7,10H,4-6H2,1-3H3,(H2,9,12). The third-order valence-electron chi connectivity index (χ3n) is 2.03. The van der Waals surface area contributed by atoms with Crippen LogP contribution in [0.15, 0.2) is 0 Å². The van der Waals surface area contributed by atoms with Crippen LogP contribution in [0.3, 0.4) is 0 Å². The number of hydrogen-bond donors (Lipinski definition) is 2. The summed E-state index contributed by atoms with van der Waals surface area (Å²) < 4.78 is 0. The second kappa shape index (κ2) is 5.97. The first-order valence-corrected chi connectivity index (χ1v) is 4.34. The molecular weight excluding hydrogens is 154 g/mol. The van der Waals surface area contributed by atoms with Gasteiger partial charge >= 0.3 is 0 Å². The number of amides is 1. The highest BCUT2D eigenvalue weighted by Gasteiger charge is 2.14. The lowest BCUT2D eigenvalue weighted by Crippen LogP contribution is -2.47. The molecule has 0 aliphatic heterocycles. The van der Waals surface area contributed by atoms with E-state index in [1.165, 1.54) is 0 Å². The Morgan fingerprint density at radius 2 is 2.00 bits per heavy atom. The Bertz CT molecular complexity index is 134. The van der Waals surface area contributed by atoms with E-state index in [2.05, 4.69) is 24.1 Å². The molecule has 12 heavy (non-hydrogen) atoms. The maximum Gasteiger partial charge on any atom is 0.235 e. The van der Waals surface area contributed by atoms with E-state index in [0.717, 1.165) is 13.1 Å². The van der Waals surface area contributed by atoms with Crippen LogP contribution in [0.25, 0.3) is 0 Å². The minimum absolute atomic E-state index is 0.232. The second-order valence-electron chi connectivity index (χ2n) is 2.73. The van der Waals surface area contributed by atoms with Gasteiger partial charge in [-0.25, -0.2) is 0 Å². The monoisotopic (exact) mass is 173 g/mol. The minimum atomic E-state index is -0.288. The Morgan fingerprint density at radius 1 is 1.50 bits per heavy atom. The van der Waals surface area contributed by atoms with Crippen molar-refractivity contribution in [1.82, 2.24) is 10.2 Å². The van der Waals surface area contributed by atoms with Crippen LogP contribution in [0.2, 0.25) is 0 Å². The summed E-state index contributed by atoms with van der Waals surface area (Å²) in [6.45, 7) is 6.72. The summed E-state index contributed by atoms with van der Waals surface area (Å²) in [5.41, 5.74) is 5.18. The zero-order valence-electron chi connectivity index (χ0n) is 8.13. The number of nitrogens with two attached hydrogens (primary N) is 1. The number of carbonyl (C=O) groups is 1. The third-order valence-corrected chi connectivity index (χ3v) is 2.03. The number of nitrogens with one attached hydrogen (secondary N) is 1. The van der Waals surface area contributed by atoms with Gasteiger partial charge in [-0.05, 0) is 20.1 Å². The van der Waals surface area contributed by atoms with Crippen LogP contribution in [0.5, 0.6) is 0 Å². The first-order chi connectivity index (χ1) is 5.65. The highest BCUT2D eigenvalue weighted by molar-refractivity contribution is 5.80. The molecule has 0 saturated heterocycles. The molecule has 0 spiro atoms. The molecule has 3 N–H and O–H groups in total. The molecule has 1 amide bonds. The second-order valence-corrected chi connectivity index (χ2v) is 2.73. The Labute approximate surface area is 74.1 Å². The molecule has 1 atom stereocenters. The maximum atomic E-state index is 10.8. The molecule has 0 aliphatic rings. The number of hydrogen-bond acceptors (Lipinski definition) is 3. The summed E-state index contributed by atoms with van der Waals surface area (Å²) in [5.74, 6) is -0.288. The highest BCUT2D eigenvalue weighted by atomic mass is 16.1. The van der Waals surface area contributed by atoms with Crippen molar-refractivity contribution in [2.45, 2.75) is 19.9 Å². The fourth-order valence-corrected chi connectivity index (χ4v) is 1.06.